The Kier molecular flexibility index (Phi) is 5.09. The minimum Gasteiger partial charge on any atom is -0.262 e. The second kappa shape index (κ2) is 5.93. The second-order valence-corrected chi connectivity index (χ2v) is 6.76. The van der Waals surface area contributed by atoms with Gasteiger partial charge in [0.2, 0.25) is 10.0 Å². The van der Waals surface area contributed by atoms with E-state index >= 15 is 0 Å². The average molecular weight is 321 g/mol. The Morgan fingerprint density at radius 2 is 2.06 bits per heavy atom. The van der Waals surface area contributed by atoms with Crippen LogP contribution in [0.1, 0.15) is 27.2 Å². The largest absolute Gasteiger partial charge is 0.262 e. The summed E-state index contributed by atoms with van der Waals surface area (Å²) in [7, 11) is -3.48. The summed E-state index contributed by atoms with van der Waals surface area (Å²) in [5, 5.41) is 0. The Bertz CT molecular complexity index is 476. The molecule has 1 rings (SSSR count). The first-order valence-corrected chi connectivity index (χ1v) is 7.77. The molecule has 0 aliphatic carbocycles. The molecule has 0 saturated heterocycles. The van der Waals surface area contributed by atoms with E-state index in [1.165, 1.54) is 6.20 Å². The van der Waals surface area contributed by atoms with Crippen molar-refractivity contribution in [3.05, 3.63) is 22.9 Å². The van der Waals surface area contributed by atoms with Crippen LogP contribution in [0, 0.1) is 5.92 Å². The molecule has 0 aliphatic rings. The molecule has 4 nitrogen and oxygen atoms in total. The van der Waals surface area contributed by atoms with Gasteiger partial charge in [-0.3, -0.25) is 4.98 Å². The molecule has 0 aromatic carbocycles. The summed E-state index contributed by atoms with van der Waals surface area (Å²) in [6.07, 6.45) is 3.83. The Balaban J connectivity index is 2.89. The van der Waals surface area contributed by atoms with Crippen LogP contribution >= 0.6 is 15.9 Å². The van der Waals surface area contributed by atoms with Gasteiger partial charge in [-0.25, -0.2) is 13.1 Å². The third-order valence-electron chi connectivity index (χ3n) is 2.83. The van der Waals surface area contributed by atoms with Crippen molar-refractivity contribution in [1.29, 1.82) is 0 Å². The van der Waals surface area contributed by atoms with Gasteiger partial charge < -0.3 is 0 Å². The molecule has 1 N–H and O–H groups in total. The Labute approximate surface area is 111 Å². The minimum absolute atomic E-state index is 0.0935. The number of nitrogens with one attached hydrogen (secondary N) is 1. The fourth-order valence-electron chi connectivity index (χ4n) is 1.32. The van der Waals surface area contributed by atoms with E-state index in [-0.39, 0.29) is 10.9 Å². The maximum absolute atomic E-state index is 12.0. The number of aromatic nitrogens is 1. The third kappa shape index (κ3) is 4.04. The molecule has 0 amide bonds. The predicted molar refractivity (Wildman–Crippen MR) is 71.2 cm³/mol. The molecule has 6 heteroatoms. The highest BCUT2D eigenvalue weighted by atomic mass is 79.9. The fraction of sp³-hybridized carbons (Fsp3) is 0.545. The van der Waals surface area contributed by atoms with Crippen LogP contribution in [0.3, 0.4) is 0 Å². The standard InChI is InChI=1S/C11H17BrN2O2S/c1-4-8(2)9(3)14-17(15,16)11-5-10(12)6-13-7-11/h5-9,14H,4H2,1-3H3. The summed E-state index contributed by atoms with van der Waals surface area (Å²) in [6.45, 7) is 5.93. The normalized spacial score (nSPS) is 15.5. The molecule has 96 valence electrons. The summed E-state index contributed by atoms with van der Waals surface area (Å²) < 4.78 is 27.4. The van der Waals surface area contributed by atoms with Crippen molar-refractivity contribution in [3.63, 3.8) is 0 Å². The van der Waals surface area contributed by atoms with E-state index < -0.39 is 10.0 Å². The second-order valence-electron chi connectivity index (χ2n) is 4.13. The number of sulfonamides is 1. The van der Waals surface area contributed by atoms with E-state index in [1.54, 1.807) is 12.3 Å². The maximum atomic E-state index is 12.0. The lowest BCUT2D eigenvalue weighted by molar-refractivity contribution is 0.434. The van der Waals surface area contributed by atoms with Crippen LogP contribution < -0.4 is 4.72 Å². The van der Waals surface area contributed by atoms with Crippen molar-refractivity contribution in [3.8, 4) is 0 Å². The quantitative estimate of drug-likeness (QED) is 0.907. The van der Waals surface area contributed by atoms with Crippen LogP contribution in [-0.4, -0.2) is 19.4 Å². The Hall–Kier alpha value is -0.460. The zero-order valence-corrected chi connectivity index (χ0v) is 12.5. The molecule has 0 radical (unpaired) electrons. The monoisotopic (exact) mass is 320 g/mol. The Morgan fingerprint density at radius 3 is 2.59 bits per heavy atom. The molecule has 0 bridgehead atoms. The average Bonchev–Trinajstić information content (AvgIpc) is 2.27. The fourth-order valence-corrected chi connectivity index (χ4v) is 3.18. The first-order valence-electron chi connectivity index (χ1n) is 5.49. The topological polar surface area (TPSA) is 59.1 Å². The lowest BCUT2D eigenvalue weighted by Gasteiger charge is -2.19. The first-order chi connectivity index (χ1) is 7.86. The van der Waals surface area contributed by atoms with E-state index in [1.807, 2.05) is 20.8 Å². The van der Waals surface area contributed by atoms with Gasteiger partial charge in [0.1, 0.15) is 4.90 Å². The van der Waals surface area contributed by atoms with Crippen LogP contribution in [0.2, 0.25) is 0 Å². The van der Waals surface area contributed by atoms with Crippen molar-refractivity contribution < 1.29 is 8.42 Å². The molecule has 0 fully saturated rings. The van der Waals surface area contributed by atoms with Crippen LogP contribution in [0.5, 0.6) is 0 Å². The van der Waals surface area contributed by atoms with Crippen molar-refractivity contribution >= 4 is 26.0 Å². The van der Waals surface area contributed by atoms with E-state index in [9.17, 15) is 8.42 Å². The maximum Gasteiger partial charge on any atom is 0.242 e. The van der Waals surface area contributed by atoms with Gasteiger partial charge in [-0.1, -0.05) is 20.3 Å². The number of halogens is 1. The highest BCUT2D eigenvalue weighted by Crippen LogP contribution is 2.16. The highest BCUT2D eigenvalue weighted by Gasteiger charge is 2.20. The first kappa shape index (κ1) is 14.6. The summed E-state index contributed by atoms with van der Waals surface area (Å²) >= 11 is 3.21. The SMILES string of the molecule is CCC(C)C(C)NS(=O)(=O)c1cncc(Br)c1. The summed E-state index contributed by atoms with van der Waals surface area (Å²) in [5.74, 6) is 0.296. The van der Waals surface area contributed by atoms with E-state index in [0.29, 0.717) is 10.4 Å². The number of hydrogen-bond donors (Lipinski definition) is 1. The summed E-state index contributed by atoms with van der Waals surface area (Å²) in [6, 6.07) is 1.45. The molecule has 17 heavy (non-hydrogen) atoms. The molecular formula is C11H17BrN2O2S. The van der Waals surface area contributed by atoms with Gasteiger partial charge in [-0.15, -0.1) is 0 Å². The van der Waals surface area contributed by atoms with Gasteiger partial charge in [0.05, 0.1) is 0 Å². The number of hydrogen-bond acceptors (Lipinski definition) is 3. The molecule has 2 unspecified atom stereocenters. The molecule has 0 saturated carbocycles. The van der Waals surface area contributed by atoms with Crippen LogP contribution in [-0.2, 0) is 10.0 Å². The van der Waals surface area contributed by atoms with Gasteiger partial charge in [0.25, 0.3) is 0 Å². The van der Waals surface area contributed by atoms with Crippen molar-refractivity contribution in [2.45, 2.75) is 38.1 Å². The lowest BCUT2D eigenvalue weighted by Crippen LogP contribution is -2.36. The van der Waals surface area contributed by atoms with E-state index in [0.717, 1.165) is 6.42 Å². The van der Waals surface area contributed by atoms with Crippen LogP contribution in [0.25, 0.3) is 0 Å². The van der Waals surface area contributed by atoms with Gasteiger partial charge in [0.15, 0.2) is 0 Å². The van der Waals surface area contributed by atoms with Crippen LogP contribution in [0.4, 0.5) is 0 Å². The Morgan fingerprint density at radius 1 is 1.41 bits per heavy atom. The lowest BCUT2D eigenvalue weighted by atomic mass is 10.0. The number of nitrogens with zero attached hydrogens (tertiary/aromatic N) is 1. The van der Waals surface area contributed by atoms with Gasteiger partial charge in [0, 0.05) is 22.9 Å². The van der Waals surface area contributed by atoms with Crippen molar-refractivity contribution in [1.82, 2.24) is 9.71 Å². The zero-order chi connectivity index (χ0) is 13.1. The molecule has 2 atom stereocenters. The minimum atomic E-state index is -3.48. The highest BCUT2D eigenvalue weighted by molar-refractivity contribution is 9.10. The predicted octanol–water partition coefficient (Wildman–Crippen LogP) is 2.56. The molecule has 0 spiro atoms. The molecule has 1 aromatic rings. The van der Waals surface area contributed by atoms with E-state index in [4.69, 9.17) is 0 Å². The molecular weight excluding hydrogens is 304 g/mol. The van der Waals surface area contributed by atoms with Gasteiger partial charge in [-0.05, 0) is 34.8 Å². The third-order valence-corrected chi connectivity index (χ3v) is 4.79. The number of pyridine rings is 1. The van der Waals surface area contributed by atoms with E-state index in [2.05, 4.69) is 25.6 Å². The zero-order valence-electron chi connectivity index (χ0n) is 10.1. The van der Waals surface area contributed by atoms with Crippen LogP contribution in [0.15, 0.2) is 27.8 Å². The number of rotatable bonds is 5. The van der Waals surface area contributed by atoms with Gasteiger partial charge in [-0.2, -0.15) is 0 Å². The molecule has 1 aromatic heterocycles. The van der Waals surface area contributed by atoms with Gasteiger partial charge >= 0.3 is 0 Å². The summed E-state index contributed by atoms with van der Waals surface area (Å²) in [4.78, 5) is 4.04. The van der Waals surface area contributed by atoms with Crippen molar-refractivity contribution in [2.24, 2.45) is 5.92 Å². The molecule has 0 aliphatic heterocycles. The van der Waals surface area contributed by atoms with Crippen molar-refractivity contribution in [2.75, 3.05) is 0 Å². The smallest absolute Gasteiger partial charge is 0.242 e. The summed E-state index contributed by atoms with van der Waals surface area (Å²) in [5.41, 5.74) is 0. The molecule has 1 heterocycles.